The van der Waals surface area contributed by atoms with E-state index in [0.717, 1.165) is 0 Å². The summed E-state index contributed by atoms with van der Waals surface area (Å²) in [5.74, 6) is 0.413. The Morgan fingerprint density at radius 2 is 2.60 bits per heavy atom. The van der Waals surface area contributed by atoms with Crippen LogP contribution < -0.4 is 5.73 Å². The smallest absolute Gasteiger partial charge is 0.132 e. The molecule has 0 aliphatic heterocycles. The zero-order chi connectivity index (χ0) is 9.35. The maximum absolute atomic E-state index is 8.93. The van der Waals surface area contributed by atoms with E-state index < -0.39 is 6.56 Å². The summed E-state index contributed by atoms with van der Waals surface area (Å²) in [6.45, 7) is -0.842. The van der Waals surface area contributed by atoms with Gasteiger partial charge in [0.05, 0.1) is 9.30 Å². The van der Waals surface area contributed by atoms with E-state index in [1.807, 2.05) is 0 Å². The Morgan fingerprint density at radius 3 is 3.10 bits per heavy atom. The third-order valence-corrected chi connectivity index (χ3v) is 1.06. The number of hydrogen-bond acceptors (Lipinski definition) is 4. The molecular weight excluding hydrogens is 131 g/mol. The van der Waals surface area contributed by atoms with Crippen LogP contribution in [0.1, 0.15) is 14.1 Å². The molecular formula is C6H9N3O. The molecule has 0 atom stereocenters. The van der Waals surface area contributed by atoms with Gasteiger partial charge in [0.1, 0.15) is 11.6 Å². The van der Waals surface area contributed by atoms with Crippen LogP contribution in [-0.4, -0.2) is 15.1 Å². The molecule has 0 saturated heterocycles. The van der Waals surface area contributed by atoms with Crippen molar-refractivity contribution in [1.29, 1.82) is 0 Å². The second-order valence-corrected chi connectivity index (χ2v) is 1.83. The lowest BCUT2D eigenvalue weighted by atomic mass is 10.3. The molecule has 54 valence electrons. The predicted octanol–water partition coefficient (Wildman–Crippen LogP) is -0.140. The zero-order valence-electron chi connectivity index (χ0n) is 7.50. The van der Waals surface area contributed by atoms with Crippen LogP contribution >= 0.6 is 0 Å². The van der Waals surface area contributed by atoms with E-state index in [1.165, 1.54) is 6.20 Å². The van der Waals surface area contributed by atoms with Gasteiger partial charge >= 0.3 is 0 Å². The Kier molecular flexibility index (Phi) is 1.21. The van der Waals surface area contributed by atoms with Crippen LogP contribution in [0.3, 0.4) is 0 Å². The van der Waals surface area contributed by atoms with Crippen molar-refractivity contribution < 1.29 is 7.85 Å². The molecule has 0 aliphatic carbocycles. The average Bonchev–Trinajstić information content (AvgIpc) is 1.83. The molecule has 1 heterocycles. The van der Waals surface area contributed by atoms with Crippen LogP contribution in [0, 0.1) is 6.92 Å². The lowest BCUT2D eigenvalue weighted by Gasteiger charge is -1.99. The molecule has 4 nitrogen and oxygen atoms in total. The van der Waals surface area contributed by atoms with E-state index in [1.54, 1.807) is 6.92 Å². The summed E-state index contributed by atoms with van der Waals surface area (Å²) in [5, 5.41) is 8.93. The Morgan fingerprint density at radius 1 is 1.90 bits per heavy atom. The van der Waals surface area contributed by atoms with Gasteiger partial charge in [-0.2, -0.15) is 0 Å². The summed E-state index contributed by atoms with van der Waals surface area (Å²) >= 11 is 0. The van der Waals surface area contributed by atoms with Crippen molar-refractivity contribution in [2.75, 3.05) is 5.73 Å². The lowest BCUT2D eigenvalue weighted by Crippen LogP contribution is -2.00. The zero-order valence-corrected chi connectivity index (χ0v) is 5.50. The van der Waals surface area contributed by atoms with Gasteiger partial charge in [-0.15, -0.1) is 0 Å². The molecule has 1 aromatic heterocycles. The van der Waals surface area contributed by atoms with Crippen LogP contribution in [0.2, 0.25) is 0 Å². The van der Waals surface area contributed by atoms with E-state index in [9.17, 15) is 0 Å². The lowest BCUT2D eigenvalue weighted by molar-refractivity contribution is 0.281. The Labute approximate surface area is 61.5 Å². The molecule has 3 N–H and O–H groups in total. The molecule has 0 fully saturated rings. The maximum Gasteiger partial charge on any atom is 0.132 e. The molecule has 1 aromatic rings. The minimum absolute atomic E-state index is 0.0324. The first kappa shape index (κ1) is 4.62. The fourth-order valence-electron chi connectivity index (χ4n) is 0.574. The van der Waals surface area contributed by atoms with E-state index >= 15 is 0 Å². The SMILES string of the molecule is [2H]C([2H])(O)c1cn[13c](C)nc1N. The molecule has 10 heavy (non-hydrogen) atoms. The predicted molar refractivity (Wildman–Crippen MR) is 37.1 cm³/mol. The van der Waals surface area contributed by atoms with Gasteiger partial charge in [0.25, 0.3) is 0 Å². The Hall–Kier alpha value is -1.16. The average molecular weight is 142 g/mol. The van der Waals surface area contributed by atoms with Crippen molar-refractivity contribution in [2.24, 2.45) is 0 Å². The first-order valence-electron chi connectivity index (χ1n) is 3.73. The highest BCUT2D eigenvalue weighted by molar-refractivity contribution is 5.36. The fraction of sp³-hybridized carbons (Fsp3) is 0.333. The second kappa shape index (κ2) is 2.62. The van der Waals surface area contributed by atoms with Gasteiger partial charge in [-0.1, -0.05) is 0 Å². The van der Waals surface area contributed by atoms with Gasteiger partial charge in [-0.3, -0.25) is 0 Å². The molecule has 1 rings (SSSR count). The van der Waals surface area contributed by atoms with Crippen molar-refractivity contribution in [3.05, 3.63) is 17.6 Å². The van der Waals surface area contributed by atoms with Gasteiger partial charge in [0, 0.05) is 11.8 Å². The highest BCUT2D eigenvalue weighted by Gasteiger charge is 1.97. The number of aliphatic hydroxyl groups is 1. The molecule has 0 spiro atoms. The summed E-state index contributed by atoms with van der Waals surface area (Å²) in [6, 6.07) is 0. The van der Waals surface area contributed by atoms with Crippen molar-refractivity contribution in [3.8, 4) is 0 Å². The van der Waals surface area contributed by atoms with E-state index in [2.05, 4.69) is 9.97 Å². The molecule has 0 radical (unpaired) electrons. The van der Waals surface area contributed by atoms with E-state index in [0.29, 0.717) is 5.82 Å². The van der Waals surface area contributed by atoms with Crippen molar-refractivity contribution in [3.63, 3.8) is 0 Å². The maximum atomic E-state index is 8.93. The number of anilines is 1. The molecule has 0 unspecified atom stereocenters. The highest BCUT2D eigenvalue weighted by Crippen LogP contribution is 2.05. The van der Waals surface area contributed by atoms with E-state index in [-0.39, 0.29) is 11.4 Å². The number of nitrogens with zero attached hydrogens (tertiary/aromatic N) is 2. The van der Waals surface area contributed by atoms with Gasteiger partial charge in [0.15, 0.2) is 0 Å². The van der Waals surface area contributed by atoms with Crippen LogP contribution in [-0.2, 0) is 6.56 Å². The van der Waals surface area contributed by atoms with Crippen LogP contribution in [0.25, 0.3) is 0 Å². The van der Waals surface area contributed by atoms with Crippen molar-refractivity contribution in [1.82, 2.24) is 9.97 Å². The molecule has 0 aliphatic rings. The topological polar surface area (TPSA) is 72.0 Å². The molecule has 4 heteroatoms. The number of aryl methyl sites for hydroxylation is 1. The number of hydrogen-bond donors (Lipinski definition) is 2. The first-order valence-corrected chi connectivity index (χ1v) is 2.73. The monoisotopic (exact) mass is 142 g/mol. The summed E-state index contributed by atoms with van der Waals surface area (Å²) in [7, 11) is 0. The number of nitrogens with two attached hydrogens (primary N) is 1. The first-order chi connectivity index (χ1) is 5.41. The van der Waals surface area contributed by atoms with Gasteiger partial charge in [0.2, 0.25) is 0 Å². The standard InChI is InChI=1S/C6H9N3O/c1-4-8-2-5(3-10)6(7)9-4/h2,10H,3H2,1H3,(H2,7,8,9)/i3D2,4+1. The van der Waals surface area contributed by atoms with E-state index in [4.69, 9.17) is 13.6 Å². The summed E-state index contributed by atoms with van der Waals surface area (Å²) in [4.78, 5) is 7.42. The molecule has 0 saturated carbocycles. The fourth-order valence-corrected chi connectivity index (χ4v) is 0.574. The normalized spacial score (nSPS) is 14.2. The van der Waals surface area contributed by atoms with Crippen LogP contribution in [0.15, 0.2) is 6.20 Å². The highest BCUT2D eigenvalue weighted by atomic mass is 16.3. The summed E-state index contributed by atoms with van der Waals surface area (Å²) in [6.07, 6.45) is 1.18. The summed E-state index contributed by atoms with van der Waals surface area (Å²) in [5.41, 5.74) is 5.25. The minimum Gasteiger partial charge on any atom is -0.391 e. The van der Waals surface area contributed by atoms with Gasteiger partial charge < -0.3 is 10.8 Å². The third-order valence-electron chi connectivity index (χ3n) is 1.06. The quantitative estimate of drug-likeness (QED) is 0.572. The van der Waals surface area contributed by atoms with Crippen LogP contribution in [0.5, 0.6) is 0 Å². The van der Waals surface area contributed by atoms with Crippen LogP contribution in [0.4, 0.5) is 5.82 Å². The summed E-state index contributed by atoms with van der Waals surface area (Å²) < 4.78 is 13.9. The molecule has 0 aromatic carbocycles. The third kappa shape index (κ3) is 1.22. The Bertz CT molecular complexity index is 297. The van der Waals surface area contributed by atoms with Gasteiger partial charge in [-0.25, -0.2) is 9.97 Å². The molecule has 0 amide bonds. The molecule has 0 bridgehead atoms. The van der Waals surface area contributed by atoms with Crippen molar-refractivity contribution >= 4 is 5.82 Å². The number of rotatable bonds is 1. The van der Waals surface area contributed by atoms with Crippen molar-refractivity contribution in [2.45, 2.75) is 13.5 Å². The Balaban J connectivity index is 3.19. The minimum atomic E-state index is -2.47. The second-order valence-electron chi connectivity index (χ2n) is 1.83. The number of aromatic nitrogens is 2. The number of nitrogen functional groups attached to an aromatic ring is 1. The van der Waals surface area contributed by atoms with Gasteiger partial charge in [-0.05, 0) is 6.92 Å². The largest absolute Gasteiger partial charge is 0.391 e.